The van der Waals surface area contributed by atoms with E-state index in [0.29, 0.717) is 17.8 Å². The van der Waals surface area contributed by atoms with E-state index in [9.17, 15) is 13.2 Å². The van der Waals surface area contributed by atoms with E-state index in [1.54, 1.807) is 12.1 Å². The van der Waals surface area contributed by atoms with Crippen LogP contribution in [0.25, 0.3) is 0 Å². The minimum atomic E-state index is -3.61. The van der Waals surface area contributed by atoms with Crippen molar-refractivity contribution in [2.24, 2.45) is 23.2 Å². The molecule has 4 aliphatic carbocycles. The molecule has 0 unspecified atom stereocenters. The predicted molar refractivity (Wildman–Crippen MR) is 81.9 cm³/mol. The first-order chi connectivity index (χ1) is 10.5. The van der Waals surface area contributed by atoms with Crippen LogP contribution < -0.4 is 0 Å². The fourth-order valence-corrected chi connectivity index (χ4v) is 6.69. The highest BCUT2D eigenvalue weighted by molar-refractivity contribution is 7.92. The number of nitrogens with zero attached hydrogens (tertiary/aromatic N) is 1. The molecule has 0 N–H and O–H groups in total. The van der Waals surface area contributed by atoms with Crippen molar-refractivity contribution in [1.29, 1.82) is 0 Å². The molecule has 22 heavy (non-hydrogen) atoms. The van der Waals surface area contributed by atoms with E-state index in [0.717, 1.165) is 19.3 Å². The van der Waals surface area contributed by atoms with Gasteiger partial charge in [-0.05, 0) is 68.4 Å². The molecule has 0 spiro atoms. The van der Waals surface area contributed by atoms with Crippen LogP contribution in [0.5, 0.6) is 0 Å². The second-order valence-electron chi connectivity index (χ2n) is 7.55. The maximum Gasteiger partial charge on any atom is 0.202 e. The van der Waals surface area contributed by atoms with E-state index in [4.69, 9.17) is 0 Å². The van der Waals surface area contributed by atoms with Crippen molar-refractivity contribution in [2.45, 2.75) is 43.6 Å². The Morgan fingerprint density at radius 3 is 2.18 bits per heavy atom. The van der Waals surface area contributed by atoms with Crippen LogP contribution in [0.4, 0.5) is 0 Å². The first kappa shape index (κ1) is 14.4. The molecule has 4 nitrogen and oxygen atoms in total. The van der Waals surface area contributed by atoms with Gasteiger partial charge in [0.15, 0.2) is 10.8 Å². The second-order valence-corrected chi connectivity index (χ2v) is 9.48. The Hall–Kier alpha value is -1.23. The Labute approximate surface area is 131 Å². The lowest BCUT2D eigenvalue weighted by atomic mass is 9.48. The number of Topliss-reactive ketones (excluding diaryl/α,β-unsaturated/α-hetero) is 1. The third kappa shape index (κ3) is 2.30. The van der Waals surface area contributed by atoms with E-state index in [1.807, 2.05) is 0 Å². The van der Waals surface area contributed by atoms with E-state index in [1.165, 1.54) is 31.5 Å². The van der Waals surface area contributed by atoms with Gasteiger partial charge in [-0.25, -0.2) is 13.4 Å². The van der Waals surface area contributed by atoms with Gasteiger partial charge in [0.2, 0.25) is 9.84 Å². The van der Waals surface area contributed by atoms with Crippen LogP contribution in [0.15, 0.2) is 29.4 Å². The van der Waals surface area contributed by atoms with Crippen molar-refractivity contribution in [1.82, 2.24) is 4.98 Å². The van der Waals surface area contributed by atoms with Gasteiger partial charge in [-0.1, -0.05) is 6.07 Å². The third-order valence-electron chi connectivity index (χ3n) is 5.91. The molecule has 118 valence electrons. The molecule has 1 aromatic heterocycles. The molecule has 0 aliphatic heterocycles. The summed E-state index contributed by atoms with van der Waals surface area (Å²) in [5.41, 5.74) is -0.351. The molecule has 1 aromatic rings. The molecule has 0 saturated heterocycles. The van der Waals surface area contributed by atoms with Crippen LogP contribution in [-0.4, -0.2) is 24.9 Å². The molecule has 0 radical (unpaired) electrons. The standard InChI is InChI=1S/C17H21NO3S/c19-15(11-22(20,21)16-3-1-2-4-18-16)17-8-12-5-13(9-17)7-14(6-12)10-17/h1-4,12-14H,5-11H2. The zero-order valence-corrected chi connectivity index (χ0v) is 13.4. The van der Waals surface area contributed by atoms with Crippen molar-refractivity contribution in [3.05, 3.63) is 24.4 Å². The van der Waals surface area contributed by atoms with Crippen molar-refractivity contribution >= 4 is 15.6 Å². The highest BCUT2D eigenvalue weighted by Crippen LogP contribution is 2.60. The summed E-state index contributed by atoms with van der Waals surface area (Å²) in [4.78, 5) is 16.8. The number of carbonyl (C=O) groups excluding carboxylic acids is 1. The zero-order valence-electron chi connectivity index (χ0n) is 12.6. The van der Waals surface area contributed by atoms with Gasteiger partial charge in [-0.3, -0.25) is 4.79 Å². The van der Waals surface area contributed by atoms with Gasteiger partial charge in [0.25, 0.3) is 0 Å². The number of hydrogen-bond acceptors (Lipinski definition) is 4. The molecule has 0 amide bonds. The molecule has 4 saturated carbocycles. The maximum atomic E-state index is 12.9. The Morgan fingerprint density at radius 2 is 1.68 bits per heavy atom. The predicted octanol–water partition coefficient (Wildman–Crippen LogP) is 2.64. The second kappa shape index (κ2) is 4.88. The van der Waals surface area contributed by atoms with Gasteiger partial charge in [-0.15, -0.1) is 0 Å². The summed E-state index contributed by atoms with van der Waals surface area (Å²) in [7, 11) is -3.61. The normalized spacial score (nSPS) is 36.5. The molecule has 4 aliphatic rings. The number of ketones is 1. The number of sulfone groups is 1. The Kier molecular flexibility index (Phi) is 3.19. The lowest BCUT2D eigenvalue weighted by Crippen LogP contribution is -2.51. The van der Waals surface area contributed by atoms with Crippen LogP contribution in [0, 0.1) is 23.2 Å². The average Bonchev–Trinajstić information content (AvgIpc) is 2.46. The summed E-state index contributed by atoms with van der Waals surface area (Å²) in [5.74, 6) is 1.50. The van der Waals surface area contributed by atoms with Crippen molar-refractivity contribution < 1.29 is 13.2 Å². The highest BCUT2D eigenvalue weighted by atomic mass is 32.2. The fraction of sp³-hybridized carbons (Fsp3) is 0.647. The summed E-state index contributed by atoms with van der Waals surface area (Å²) in [6, 6.07) is 4.80. The zero-order chi connectivity index (χ0) is 15.4. The lowest BCUT2D eigenvalue weighted by Gasteiger charge is -2.55. The topological polar surface area (TPSA) is 64.1 Å². The largest absolute Gasteiger partial charge is 0.298 e. The van der Waals surface area contributed by atoms with Crippen LogP contribution in [0.2, 0.25) is 0 Å². The summed E-state index contributed by atoms with van der Waals surface area (Å²) in [5, 5.41) is 0.0214. The first-order valence-corrected chi connectivity index (χ1v) is 9.79. The van der Waals surface area contributed by atoms with Crippen LogP contribution in [-0.2, 0) is 14.6 Å². The summed E-state index contributed by atoms with van der Waals surface area (Å²) < 4.78 is 24.9. The van der Waals surface area contributed by atoms with Crippen LogP contribution in [0.1, 0.15) is 38.5 Å². The van der Waals surface area contributed by atoms with E-state index >= 15 is 0 Å². The van der Waals surface area contributed by atoms with E-state index in [-0.39, 0.29) is 22.0 Å². The number of pyridine rings is 1. The molecule has 5 rings (SSSR count). The number of carbonyl (C=O) groups is 1. The first-order valence-electron chi connectivity index (χ1n) is 8.14. The molecule has 1 heterocycles. The maximum absolute atomic E-state index is 12.9. The number of aromatic nitrogens is 1. The van der Waals surface area contributed by atoms with Crippen molar-refractivity contribution in [3.63, 3.8) is 0 Å². The van der Waals surface area contributed by atoms with Gasteiger partial charge >= 0.3 is 0 Å². The van der Waals surface area contributed by atoms with Gasteiger partial charge in [0.05, 0.1) is 0 Å². The third-order valence-corrected chi connectivity index (χ3v) is 7.43. The summed E-state index contributed by atoms with van der Waals surface area (Å²) >= 11 is 0. The minimum Gasteiger partial charge on any atom is -0.298 e. The smallest absolute Gasteiger partial charge is 0.202 e. The van der Waals surface area contributed by atoms with Crippen molar-refractivity contribution in [2.75, 3.05) is 5.75 Å². The fourth-order valence-electron chi connectivity index (χ4n) is 5.38. The van der Waals surface area contributed by atoms with Crippen molar-refractivity contribution in [3.8, 4) is 0 Å². The van der Waals surface area contributed by atoms with Gasteiger partial charge in [-0.2, -0.15) is 0 Å². The van der Waals surface area contributed by atoms with Gasteiger partial charge in [0.1, 0.15) is 5.75 Å². The van der Waals surface area contributed by atoms with Crippen LogP contribution >= 0.6 is 0 Å². The quantitative estimate of drug-likeness (QED) is 0.856. The highest BCUT2D eigenvalue weighted by Gasteiger charge is 2.54. The minimum absolute atomic E-state index is 0.0214. The Bertz CT molecular complexity index is 661. The molecule has 0 atom stereocenters. The summed E-state index contributed by atoms with van der Waals surface area (Å²) in [6.45, 7) is 0. The molecular weight excluding hydrogens is 298 g/mol. The molecule has 4 fully saturated rings. The van der Waals surface area contributed by atoms with Gasteiger partial charge in [0, 0.05) is 11.6 Å². The Morgan fingerprint density at radius 1 is 1.09 bits per heavy atom. The van der Waals surface area contributed by atoms with E-state index < -0.39 is 9.84 Å². The van der Waals surface area contributed by atoms with Gasteiger partial charge < -0.3 is 0 Å². The average molecular weight is 319 g/mol. The monoisotopic (exact) mass is 319 g/mol. The lowest BCUT2D eigenvalue weighted by molar-refractivity contribution is -0.141. The number of rotatable bonds is 4. The molecule has 4 bridgehead atoms. The SMILES string of the molecule is O=C(CS(=O)(=O)c1ccccn1)C12CC3CC(CC(C3)C1)C2. The molecule has 0 aromatic carbocycles. The number of hydrogen-bond donors (Lipinski definition) is 0. The van der Waals surface area contributed by atoms with E-state index in [2.05, 4.69) is 4.98 Å². The van der Waals surface area contributed by atoms with Crippen LogP contribution in [0.3, 0.4) is 0 Å². The summed E-state index contributed by atoms with van der Waals surface area (Å²) in [6.07, 6.45) is 7.95. The molecular formula is C17H21NO3S. The Balaban J connectivity index is 1.58. The molecule has 5 heteroatoms.